The Balaban J connectivity index is 0.00000180. The second-order valence-electron chi connectivity index (χ2n) is 4.61. The van der Waals surface area contributed by atoms with Crippen molar-refractivity contribution in [2.75, 3.05) is 13.1 Å². The molecule has 1 aliphatic heterocycles. The van der Waals surface area contributed by atoms with Crippen LogP contribution in [0.1, 0.15) is 30.1 Å². The summed E-state index contributed by atoms with van der Waals surface area (Å²) in [5.41, 5.74) is 0.474. The third kappa shape index (κ3) is 4.50. The highest BCUT2D eigenvalue weighted by Gasteiger charge is 2.23. The lowest BCUT2D eigenvalue weighted by Gasteiger charge is -2.28. The molecule has 0 radical (unpaired) electrons. The maximum absolute atomic E-state index is 12.1. The van der Waals surface area contributed by atoms with Gasteiger partial charge < -0.3 is 10.6 Å². The van der Waals surface area contributed by atoms with Crippen LogP contribution in [0.3, 0.4) is 0 Å². The highest BCUT2D eigenvalue weighted by atomic mass is 35.5. The van der Waals surface area contributed by atoms with Gasteiger partial charge >= 0.3 is 0 Å². The van der Waals surface area contributed by atoms with Gasteiger partial charge in [-0.05, 0) is 44.8 Å². The Hall–Kier alpha value is -0.000000000000000167. The average Bonchev–Trinajstić information content (AvgIpc) is 2.69. The molecule has 0 spiro atoms. The van der Waals surface area contributed by atoms with Crippen LogP contribution in [0.2, 0.25) is 8.67 Å². The molecule has 1 saturated heterocycles. The Morgan fingerprint density at radius 2 is 2.32 bits per heavy atom. The Bertz CT molecular complexity index is 433. The minimum atomic E-state index is -0.138. The molecule has 0 aromatic carbocycles. The highest BCUT2D eigenvalue weighted by molar-refractivity contribution is 7.20. The molecule has 2 atom stereocenters. The van der Waals surface area contributed by atoms with Crippen molar-refractivity contribution in [1.29, 1.82) is 0 Å². The van der Waals surface area contributed by atoms with Crippen molar-refractivity contribution < 1.29 is 4.79 Å². The third-order valence-corrected chi connectivity index (χ3v) is 4.79. The van der Waals surface area contributed by atoms with Crippen LogP contribution in [0.15, 0.2) is 6.07 Å². The zero-order valence-corrected chi connectivity index (χ0v) is 13.7. The lowest BCUT2D eigenvalue weighted by Crippen LogP contribution is -2.44. The first-order valence-corrected chi connectivity index (χ1v) is 7.61. The molecule has 3 nitrogen and oxygen atoms in total. The maximum atomic E-state index is 12.1. The van der Waals surface area contributed by atoms with Crippen molar-refractivity contribution >= 4 is 52.9 Å². The van der Waals surface area contributed by atoms with Crippen molar-refractivity contribution in [3.05, 3.63) is 20.3 Å². The molecule has 108 valence electrons. The first kappa shape index (κ1) is 17.1. The number of piperidine rings is 1. The van der Waals surface area contributed by atoms with Crippen LogP contribution >= 0.6 is 46.9 Å². The van der Waals surface area contributed by atoms with E-state index >= 15 is 0 Å². The van der Waals surface area contributed by atoms with Gasteiger partial charge in [-0.3, -0.25) is 4.79 Å². The van der Waals surface area contributed by atoms with Crippen LogP contribution in [0, 0.1) is 5.92 Å². The number of thiophene rings is 1. The van der Waals surface area contributed by atoms with Gasteiger partial charge in [-0.1, -0.05) is 23.2 Å². The molecule has 2 heterocycles. The summed E-state index contributed by atoms with van der Waals surface area (Å²) in [6.07, 6.45) is 2.31. The van der Waals surface area contributed by atoms with E-state index in [9.17, 15) is 4.79 Å². The smallest absolute Gasteiger partial charge is 0.253 e. The van der Waals surface area contributed by atoms with E-state index < -0.39 is 0 Å². The van der Waals surface area contributed by atoms with Gasteiger partial charge in [0.1, 0.15) is 4.34 Å². The van der Waals surface area contributed by atoms with Gasteiger partial charge in [0.25, 0.3) is 5.91 Å². The Morgan fingerprint density at radius 1 is 1.58 bits per heavy atom. The minimum absolute atomic E-state index is 0. The van der Waals surface area contributed by atoms with Gasteiger partial charge in [0, 0.05) is 6.04 Å². The van der Waals surface area contributed by atoms with Gasteiger partial charge in [0.15, 0.2) is 0 Å². The zero-order valence-electron chi connectivity index (χ0n) is 10.5. The number of hydrogen-bond donors (Lipinski definition) is 2. The summed E-state index contributed by atoms with van der Waals surface area (Å²) in [6, 6.07) is 1.76. The molecule has 19 heavy (non-hydrogen) atoms. The topological polar surface area (TPSA) is 41.1 Å². The third-order valence-electron chi connectivity index (χ3n) is 3.30. The second kappa shape index (κ2) is 7.70. The van der Waals surface area contributed by atoms with Gasteiger partial charge in [-0.15, -0.1) is 23.7 Å². The van der Waals surface area contributed by atoms with E-state index in [2.05, 4.69) is 10.6 Å². The molecular formula is C12H17Cl3N2OS. The molecule has 0 aliphatic carbocycles. The van der Waals surface area contributed by atoms with E-state index in [0.29, 0.717) is 20.2 Å². The van der Waals surface area contributed by atoms with Crippen LogP contribution < -0.4 is 10.6 Å². The first-order chi connectivity index (χ1) is 8.58. The molecule has 0 bridgehead atoms. The quantitative estimate of drug-likeness (QED) is 0.880. The molecule has 2 unspecified atom stereocenters. The molecule has 0 saturated carbocycles. The van der Waals surface area contributed by atoms with Crippen molar-refractivity contribution in [3.8, 4) is 0 Å². The Morgan fingerprint density at radius 3 is 2.84 bits per heavy atom. The summed E-state index contributed by atoms with van der Waals surface area (Å²) in [4.78, 5) is 12.1. The molecule has 2 rings (SSSR count). The molecule has 1 fully saturated rings. The van der Waals surface area contributed by atoms with Crippen molar-refractivity contribution in [1.82, 2.24) is 10.6 Å². The van der Waals surface area contributed by atoms with Gasteiger partial charge in [-0.2, -0.15) is 0 Å². The summed E-state index contributed by atoms with van der Waals surface area (Å²) < 4.78 is 0.989. The molecule has 1 aliphatic rings. The average molecular weight is 344 g/mol. The number of amides is 1. The van der Waals surface area contributed by atoms with E-state index in [-0.39, 0.29) is 24.4 Å². The number of nitrogens with one attached hydrogen (secondary N) is 2. The SMILES string of the molecule is CC(NC(=O)c1cc(Cl)sc1Cl)C1CCCNC1.Cl. The largest absolute Gasteiger partial charge is 0.349 e. The number of hydrogen-bond acceptors (Lipinski definition) is 3. The summed E-state index contributed by atoms with van der Waals surface area (Å²) in [6.45, 7) is 4.07. The predicted octanol–water partition coefficient (Wildman–Crippen LogP) is 3.59. The lowest BCUT2D eigenvalue weighted by atomic mass is 9.93. The van der Waals surface area contributed by atoms with E-state index in [1.54, 1.807) is 6.07 Å². The maximum Gasteiger partial charge on any atom is 0.253 e. The fourth-order valence-corrected chi connectivity index (χ4v) is 3.66. The monoisotopic (exact) mass is 342 g/mol. The second-order valence-corrected chi connectivity index (χ2v) is 6.89. The summed E-state index contributed by atoms with van der Waals surface area (Å²) >= 11 is 13.0. The fraction of sp³-hybridized carbons (Fsp3) is 0.583. The molecule has 1 aromatic heterocycles. The van der Waals surface area contributed by atoms with Gasteiger partial charge in [-0.25, -0.2) is 0 Å². The highest BCUT2D eigenvalue weighted by Crippen LogP contribution is 2.31. The van der Waals surface area contributed by atoms with Crippen molar-refractivity contribution in [3.63, 3.8) is 0 Å². The Kier molecular flexibility index (Phi) is 6.91. The van der Waals surface area contributed by atoms with Gasteiger partial charge in [0.05, 0.1) is 9.90 Å². The standard InChI is InChI=1S/C12H16Cl2N2OS.ClH/c1-7(8-3-2-4-15-6-8)16-12(17)9-5-10(13)18-11(9)14;/h5,7-8,15H,2-4,6H2,1H3,(H,16,17);1H. The molecule has 1 amide bonds. The molecule has 7 heteroatoms. The van der Waals surface area contributed by atoms with Crippen LogP contribution in [-0.4, -0.2) is 25.0 Å². The van der Waals surface area contributed by atoms with E-state index in [1.807, 2.05) is 6.92 Å². The predicted molar refractivity (Wildman–Crippen MR) is 84.1 cm³/mol. The number of rotatable bonds is 3. The van der Waals surface area contributed by atoms with Crippen LogP contribution in [0.25, 0.3) is 0 Å². The summed E-state index contributed by atoms with van der Waals surface area (Å²) in [7, 11) is 0. The van der Waals surface area contributed by atoms with Crippen molar-refractivity contribution in [2.45, 2.75) is 25.8 Å². The van der Waals surface area contributed by atoms with E-state index in [1.165, 1.54) is 11.3 Å². The summed E-state index contributed by atoms with van der Waals surface area (Å²) in [5.74, 6) is 0.344. The van der Waals surface area contributed by atoms with Crippen LogP contribution in [0.5, 0.6) is 0 Å². The number of carbonyl (C=O) groups is 1. The molecule has 1 aromatic rings. The molecule has 2 N–H and O–H groups in total. The van der Waals surface area contributed by atoms with E-state index in [0.717, 1.165) is 25.9 Å². The minimum Gasteiger partial charge on any atom is -0.349 e. The fourth-order valence-electron chi connectivity index (χ4n) is 2.20. The molecular weight excluding hydrogens is 327 g/mol. The van der Waals surface area contributed by atoms with E-state index in [4.69, 9.17) is 23.2 Å². The van der Waals surface area contributed by atoms with Gasteiger partial charge in [0.2, 0.25) is 0 Å². The number of carbonyl (C=O) groups excluding carboxylic acids is 1. The Labute approximate surface area is 133 Å². The lowest BCUT2D eigenvalue weighted by molar-refractivity contribution is 0.0922. The van der Waals surface area contributed by atoms with Crippen molar-refractivity contribution in [2.24, 2.45) is 5.92 Å². The normalized spacial score (nSPS) is 20.5. The van der Waals surface area contributed by atoms with Crippen LogP contribution in [-0.2, 0) is 0 Å². The van der Waals surface area contributed by atoms with Crippen LogP contribution in [0.4, 0.5) is 0 Å². The zero-order chi connectivity index (χ0) is 13.1. The summed E-state index contributed by atoms with van der Waals surface area (Å²) in [5, 5.41) is 6.35. The number of halogens is 3. The first-order valence-electron chi connectivity index (χ1n) is 6.04.